The third-order valence-corrected chi connectivity index (χ3v) is 3.67. The summed E-state index contributed by atoms with van der Waals surface area (Å²) in [5.41, 5.74) is 1.04. The molecule has 0 amide bonds. The second kappa shape index (κ2) is 6.71. The van der Waals surface area contributed by atoms with E-state index in [1.54, 1.807) is 0 Å². The highest BCUT2D eigenvalue weighted by molar-refractivity contribution is 5.72. The Morgan fingerprint density at radius 2 is 2.16 bits per heavy atom. The summed E-state index contributed by atoms with van der Waals surface area (Å²) in [4.78, 5) is 14.3. The fraction of sp³-hybridized carbons (Fsp3) is 0.562. The molecule has 0 aromatic heterocycles. The van der Waals surface area contributed by atoms with E-state index in [2.05, 4.69) is 11.8 Å². The van der Waals surface area contributed by atoms with Gasteiger partial charge in [-0.25, -0.2) is 0 Å². The zero-order valence-corrected chi connectivity index (χ0v) is 11.8. The molecule has 1 aliphatic rings. The van der Waals surface area contributed by atoms with E-state index in [0.717, 1.165) is 31.1 Å². The number of likely N-dealkylation sites (tertiary alicyclic amines) is 1. The minimum Gasteiger partial charge on any atom is -0.461 e. The Kier molecular flexibility index (Phi) is 4.97. The topological polar surface area (TPSA) is 29.5 Å². The van der Waals surface area contributed by atoms with Crippen LogP contribution >= 0.6 is 0 Å². The number of hydrogen-bond acceptors (Lipinski definition) is 3. The highest BCUT2D eigenvalue weighted by Crippen LogP contribution is 2.17. The lowest BCUT2D eigenvalue weighted by Gasteiger charge is -2.19. The predicted octanol–water partition coefficient (Wildman–Crippen LogP) is 2.71. The van der Waals surface area contributed by atoms with Gasteiger partial charge in [0.15, 0.2) is 0 Å². The summed E-state index contributed by atoms with van der Waals surface area (Å²) in [6.45, 7) is 7.63. The zero-order chi connectivity index (χ0) is 13.7. The highest BCUT2D eigenvalue weighted by Gasteiger charge is 2.23. The second-order valence-electron chi connectivity index (χ2n) is 5.65. The largest absolute Gasteiger partial charge is 0.461 e. The summed E-state index contributed by atoms with van der Waals surface area (Å²) in [7, 11) is 0. The molecular weight excluding hydrogens is 238 g/mol. The Hall–Kier alpha value is -1.35. The fourth-order valence-electron chi connectivity index (χ4n) is 2.52. The van der Waals surface area contributed by atoms with Crippen LogP contribution in [0.25, 0.3) is 0 Å². The van der Waals surface area contributed by atoms with Crippen LogP contribution in [0.1, 0.15) is 25.8 Å². The molecule has 1 aromatic carbocycles. The van der Waals surface area contributed by atoms with Crippen molar-refractivity contribution >= 4 is 5.97 Å². The molecular formula is C16H23NO2. The van der Waals surface area contributed by atoms with Crippen LogP contribution in [0.15, 0.2) is 30.3 Å². The van der Waals surface area contributed by atoms with Gasteiger partial charge in [-0.15, -0.1) is 0 Å². The molecule has 2 atom stereocenters. The second-order valence-corrected chi connectivity index (χ2v) is 5.65. The van der Waals surface area contributed by atoms with E-state index in [9.17, 15) is 4.79 Å². The first-order valence-corrected chi connectivity index (χ1v) is 7.08. The molecule has 1 saturated heterocycles. The molecule has 3 heteroatoms. The number of esters is 1. The number of carbonyl (C=O) groups is 1. The van der Waals surface area contributed by atoms with E-state index >= 15 is 0 Å². The SMILES string of the molecule is CC1CCN(CC(C)C(=O)OCc2ccccc2)C1. The van der Waals surface area contributed by atoms with Gasteiger partial charge in [-0.2, -0.15) is 0 Å². The molecule has 1 aromatic rings. The fourth-order valence-corrected chi connectivity index (χ4v) is 2.52. The van der Waals surface area contributed by atoms with Gasteiger partial charge in [0.25, 0.3) is 0 Å². The lowest BCUT2D eigenvalue weighted by Crippen LogP contribution is -2.31. The first-order valence-electron chi connectivity index (χ1n) is 7.08. The predicted molar refractivity (Wildman–Crippen MR) is 75.6 cm³/mol. The summed E-state index contributed by atoms with van der Waals surface area (Å²) in [5, 5.41) is 0. The van der Waals surface area contributed by atoms with Crippen LogP contribution in [0.5, 0.6) is 0 Å². The molecule has 2 unspecified atom stereocenters. The lowest BCUT2D eigenvalue weighted by atomic mass is 10.1. The molecule has 3 nitrogen and oxygen atoms in total. The number of nitrogens with zero attached hydrogens (tertiary/aromatic N) is 1. The number of ether oxygens (including phenoxy) is 1. The van der Waals surface area contributed by atoms with Crippen molar-refractivity contribution < 1.29 is 9.53 Å². The zero-order valence-electron chi connectivity index (χ0n) is 11.8. The van der Waals surface area contributed by atoms with Crippen LogP contribution in [-0.2, 0) is 16.1 Å². The quantitative estimate of drug-likeness (QED) is 0.763. The number of carbonyl (C=O) groups excluding carboxylic acids is 1. The summed E-state index contributed by atoms with van der Waals surface area (Å²) < 4.78 is 5.36. The first kappa shape index (κ1) is 14.1. The molecule has 19 heavy (non-hydrogen) atoms. The maximum Gasteiger partial charge on any atom is 0.310 e. The highest BCUT2D eigenvalue weighted by atomic mass is 16.5. The van der Waals surface area contributed by atoms with Gasteiger partial charge < -0.3 is 9.64 Å². The van der Waals surface area contributed by atoms with E-state index in [1.165, 1.54) is 6.42 Å². The van der Waals surface area contributed by atoms with Gasteiger partial charge in [-0.05, 0) is 24.4 Å². The monoisotopic (exact) mass is 261 g/mol. The Bertz CT molecular complexity index is 404. The number of benzene rings is 1. The van der Waals surface area contributed by atoms with E-state index in [0.29, 0.717) is 6.61 Å². The van der Waals surface area contributed by atoms with Crippen molar-refractivity contribution in [1.29, 1.82) is 0 Å². The molecule has 0 saturated carbocycles. The first-order chi connectivity index (χ1) is 9.15. The molecule has 1 heterocycles. The molecule has 1 aliphatic heterocycles. The Morgan fingerprint density at radius 1 is 1.42 bits per heavy atom. The Balaban J connectivity index is 1.73. The Labute approximate surface area is 115 Å². The van der Waals surface area contributed by atoms with Crippen molar-refractivity contribution in [2.24, 2.45) is 11.8 Å². The molecule has 0 aliphatic carbocycles. The summed E-state index contributed by atoms with van der Waals surface area (Å²) in [5.74, 6) is 0.616. The lowest BCUT2D eigenvalue weighted by molar-refractivity contribution is -0.149. The van der Waals surface area contributed by atoms with Gasteiger partial charge in [0.2, 0.25) is 0 Å². The van der Waals surface area contributed by atoms with Crippen LogP contribution in [-0.4, -0.2) is 30.5 Å². The van der Waals surface area contributed by atoms with Crippen LogP contribution in [0.2, 0.25) is 0 Å². The minimum atomic E-state index is -0.0941. The average molecular weight is 261 g/mol. The van der Waals surface area contributed by atoms with Gasteiger partial charge in [0, 0.05) is 13.1 Å². The maximum atomic E-state index is 11.9. The summed E-state index contributed by atoms with van der Waals surface area (Å²) >= 11 is 0. The van der Waals surface area contributed by atoms with E-state index < -0.39 is 0 Å². The van der Waals surface area contributed by atoms with Gasteiger partial charge in [0.1, 0.15) is 6.61 Å². The molecule has 0 spiro atoms. The van der Waals surface area contributed by atoms with Gasteiger partial charge in [0.05, 0.1) is 5.92 Å². The third-order valence-electron chi connectivity index (χ3n) is 3.67. The molecule has 0 radical (unpaired) electrons. The molecule has 1 fully saturated rings. The molecule has 104 valence electrons. The maximum absolute atomic E-state index is 11.9. The van der Waals surface area contributed by atoms with Crippen LogP contribution in [0.4, 0.5) is 0 Å². The molecule has 2 rings (SSSR count). The van der Waals surface area contributed by atoms with Crippen LogP contribution in [0.3, 0.4) is 0 Å². The standard InChI is InChI=1S/C16H23NO2/c1-13-8-9-17(10-13)11-14(2)16(18)19-12-15-6-4-3-5-7-15/h3-7,13-14H,8-12H2,1-2H3. The Morgan fingerprint density at radius 3 is 2.79 bits per heavy atom. The number of hydrogen-bond donors (Lipinski definition) is 0. The van der Waals surface area contributed by atoms with Crippen molar-refractivity contribution in [3.8, 4) is 0 Å². The normalized spacial score (nSPS) is 21.3. The van der Waals surface area contributed by atoms with E-state index in [-0.39, 0.29) is 11.9 Å². The van der Waals surface area contributed by atoms with Gasteiger partial charge in [-0.3, -0.25) is 4.79 Å². The third kappa shape index (κ3) is 4.35. The average Bonchev–Trinajstić information content (AvgIpc) is 2.82. The van der Waals surface area contributed by atoms with E-state index in [1.807, 2.05) is 37.3 Å². The van der Waals surface area contributed by atoms with Crippen molar-refractivity contribution in [3.05, 3.63) is 35.9 Å². The molecule has 0 N–H and O–H groups in total. The van der Waals surface area contributed by atoms with Gasteiger partial charge in [-0.1, -0.05) is 44.2 Å². The minimum absolute atomic E-state index is 0.0472. The van der Waals surface area contributed by atoms with Gasteiger partial charge >= 0.3 is 5.97 Å². The summed E-state index contributed by atoms with van der Waals surface area (Å²) in [6.07, 6.45) is 1.24. The van der Waals surface area contributed by atoms with Crippen molar-refractivity contribution in [2.75, 3.05) is 19.6 Å². The van der Waals surface area contributed by atoms with Crippen LogP contribution < -0.4 is 0 Å². The number of rotatable bonds is 5. The van der Waals surface area contributed by atoms with Crippen molar-refractivity contribution in [2.45, 2.75) is 26.9 Å². The summed E-state index contributed by atoms with van der Waals surface area (Å²) in [6, 6.07) is 9.82. The van der Waals surface area contributed by atoms with Crippen LogP contribution in [0, 0.1) is 11.8 Å². The smallest absolute Gasteiger partial charge is 0.310 e. The van der Waals surface area contributed by atoms with Crippen molar-refractivity contribution in [3.63, 3.8) is 0 Å². The molecule has 0 bridgehead atoms. The van der Waals surface area contributed by atoms with Crippen molar-refractivity contribution in [1.82, 2.24) is 4.90 Å². The van der Waals surface area contributed by atoms with E-state index in [4.69, 9.17) is 4.74 Å².